The predicted octanol–water partition coefficient (Wildman–Crippen LogP) is 2.49. The number of hydrogen-bond donors (Lipinski definition) is 2. The SMILES string of the molecule is CC1(C)CCCC1NC(=O)c1ccncc1C=CC(=O)O. The number of carbonyl (C=O) groups excluding carboxylic acids is 1. The summed E-state index contributed by atoms with van der Waals surface area (Å²) < 4.78 is 0. The first kappa shape index (κ1) is 15.2. The first-order valence-corrected chi connectivity index (χ1v) is 7.06. The predicted molar refractivity (Wildman–Crippen MR) is 79.8 cm³/mol. The molecule has 0 radical (unpaired) electrons. The molecule has 5 heteroatoms. The van der Waals surface area contributed by atoms with Crippen LogP contribution in [0.3, 0.4) is 0 Å². The third-order valence-electron chi connectivity index (χ3n) is 4.06. The Balaban J connectivity index is 2.18. The van der Waals surface area contributed by atoms with Crippen LogP contribution in [0, 0.1) is 5.41 Å². The highest BCUT2D eigenvalue weighted by Crippen LogP contribution is 2.37. The number of hydrogen-bond acceptors (Lipinski definition) is 3. The van der Waals surface area contributed by atoms with Crippen LogP contribution in [0.4, 0.5) is 0 Å². The maximum atomic E-state index is 12.4. The van der Waals surface area contributed by atoms with Crippen molar-refractivity contribution in [3.63, 3.8) is 0 Å². The van der Waals surface area contributed by atoms with Crippen molar-refractivity contribution in [2.45, 2.75) is 39.2 Å². The third-order valence-corrected chi connectivity index (χ3v) is 4.06. The molecule has 2 N–H and O–H groups in total. The van der Waals surface area contributed by atoms with E-state index >= 15 is 0 Å². The molecular formula is C16H20N2O3. The van der Waals surface area contributed by atoms with E-state index in [0.717, 1.165) is 25.3 Å². The molecule has 5 nitrogen and oxygen atoms in total. The highest BCUT2D eigenvalue weighted by molar-refractivity contribution is 5.99. The fourth-order valence-corrected chi connectivity index (χ4v) is 2.74. The minimum absolute atomic E-state index is 0.0970. The minimum Gasteiger partial charge on any atom is -0.478 e. The molecule has 1 amide bonds. The number of rotatable bonds is 4. The normalized spacial score (nSPS) is 20.6. The Morgan fingerprint density at radius 2 is 2.24 bits per heavy atom. The van der Waals surface area contributed by atoms with Crippen molar-refractivity contribution in [3.05, 3.63) is 35.7 Å². The number of carboxylic acid groups (broad SMARTS) is 1. The summed E-state index contributed by atoms with van der Waals surface area (Å²) in [6.07, 6.45) is 8.61. The number of nitrogens with zero attached hydrogens (tertiary/aromatic N) is 1. The molecule has 0 bridgehead atoms. The van der Waals surface area contributed by atoms with Gasteiger partial charge in [-0.25, -0.2) is 4.79 Å². The molecule has 21 heavy (non-hydrogen) atoms. The van der Waals surface area contributed by atoms with Gasteiger partial charge in [0.2, 0.25) is 0 Å². The van der Waals surface area contributed by atoms with Gasteiger partial charge in [-0.3, -0.25) is 9.78 Å². The molecule has 1 fully saturated rings. The Labute approximate surface area is 124 Å². The summed E-state index contributed by atoms with van der Waals surface area (Å²) in [5.41, 5.74) is 1.05. The molecule has 1 atom stereocenters. The Hall–Kier alpha value is -2.17. The van der Waals surface area contributed by atoms with Crippen molar-refractivity contribution >= 4 is 18.0 Å². The molecule has 1 aliphatic carbocycles. The first-order valence-electron chi connectivity index (χ1n) is 7.06. The molecule has 112 valence electrons. The zero-order valence-corrected chi connectivity index (χ0v) is 12.3. The number of amides is 1. The lowest BCUT2D eigenvalue weighted by molar-refractivity contribution is -0.131. The molecule has 1 aromatic rings. The average Bonchev–Trinajstić information content (AvgIpc) is 2.76. The van der Waals surface area contributed by atoms with Gasteiger partial charge in [0.15, 0.2) is 0 Å². The summed E-state index contributed by atoms with van der Waals surface area (Å²) in [5, 5.41) is 11.8. The van der Waals surface area contributed by atoms with Crippen molar-refractivity contribution in [2.75, 3.05) is 0 Å². The third kappa shape index (κ3) is 3.68. The highest BCUT2D eigenvalue weighted by Gasteiger charge is 2.35. The number of carboxylic acids is 1. The lowest BCUT2D eigenvalue weighted by Gasteiger charge is -2.28. The summed E-state index contributed by atoms with van der Waals surface area (Å²) in [6.45, 7) is 4.31. The lowest BCUT2D eigenvalue weighted by Crippen LogP contribution is -2.41. The zero-order chi connectivity index (χ0) is 15.5. The molecule has 0 saturated heterocycles. The van der Waals surface area contributed by atoms with Crippen LogP contribution in [0.1, 0.15) is 49.0 Å². The molecule has 0 spiro atoms. The number of nitrogens with one attached hydrogen (secondary N) is 1. The van der Waals surface area contributed by atoms with Crippen molar-refractivity contribution in [1.82, 2.24) is 10.3 Å². The van der Waals surface area contributed by atoms with E-state index in [9.17, 15) is 9.59 Å². The summed E-state index contributed by atoms with van der Waals surface area (Å²) in [6, 6.07) is 1.76. The van der Waals surface area contributed by atoms with E-state index in [-0.39, 0.29) is 17.4 Å². The van der Waals surface area contributed by atoms with Gasteiger partial charge in [-0.1, -0.05) is 20.3 Å². The first-order chi connectivity index (χ1) is 9.90. The van der Waals surface area contributed by atoms with E-state index < -0.39 is 5.97 Å². The van der Waals surface area contributed by atoms with Crippen LogP contribution in [0.5, 0.6) is 0 Å². The summed E-state index contributed by atoms with van der Waals surface area (Å²) in [7, 11) is 0. The number of aliphatic carboxylic acids is 1. The quantitative estimate of drug-likeness (QED) is 0.834. The molecule has 1 aliphatic rings. The molecule has 2 rings (SSSR count). The van der Waals surface area contributed by atoms with Crippen LogP contribution in [-0.4, -0.2) is 28.0 Å². The van der Waals surface area contributed by atoms with Crippen molar-refractivity contribution in [2.24, 2.45) is 5.41 Å². The molecule has 1 heterocycles. The van der Waals surface area contributed by atoms with E-state index in [2.05, 4.69) is 24.1 Å². The highest BCUT2D eigenvalue weighted by atomic mass is 16.4. The summed E-state index contributed by atoms with van der Waals surface area (Å²) >= 11 is 0. The lowest BCUT2D eigenvalue weighted by atomic mass is 9.87. The largest absolute Gasteiger partial charge is 0.478 e. The molecule has 0 aromatic carbocycles. The van der Waals surface area contributed by atoms with E-state index in [1.807, 2.05) is 0 Å². The van der Waals surface area contributed by atoms with Gasteiger partial charge in [-0.2, -0.15) is 0 Å². The van der Waals surface area contributed by atoms with Crippen molar-refractivity contribution in [3.8, 4) is 0 Å². The topological polar surface area (TPSA) is 79.3 Å². The molecule has 1 saturated carbocycles. The van der Waals surface area contributed by atoms with E-state index in [4.69, 9.17) is 5.11 Å². The van der Waals surface area contributed by atoms with Gasteiger partial charge < -0.3 is 10.4 Å². The van der Waals surface area contributed by atoms with Crippen LogP contribution < -0.4 is 5.32 Å². The smallest absolute Gasteiger partial charge is 0.328 e. The van der Waals surface area contributed by atoms with E-state index in [1.165, 1.54) is 18.5 Å². The van der Waals surface area contributed by atoms with Gasteiger partial charge in [0.1, 0.15) is 0 Å². The minimum atomic E-state index is -1.05. The molecule has 1 aromatic heterocycles. The average molecular weight is 288 g/mol. The Bertz CT molecular complexity index is 579. The molecular weight excluding hydrogens is 268 g/mol. The van der Waals surface area contributed by atoms with Gasteiger partial charge in [-0.15, -0.1) is 0 Å². The van der Waals surface area contributed by atoms with Gasteiger partial charge in [0.25, 0.3) is 5.91 Å². The summed E-state index contributed by atoms with van der Waals surface area (Å²) in [5.74, 6) is -1.23. The summed E-state index contributed by atoms with van der Waals surface area (Å²) in [4.78, 5) is 27.0. The van der Waals surface area contributed by atoms with Crippen LogP contribution in [0.25, 0.3) is 6.08 Å². The Morgan fingerprint density at radius 3 is 2.86 bits per heavy atom. The van der Waals surface area contributed by atoms with Gasteiger partial charge in [0, 0.05) is 35.6 Å². The van der Waals surface area contributed by atoms with Gasteiger partial charge >= 0.3 is 5.97 Å². The van der Waals surface area contributed by atoms with Crippen LogP contribution in [0.15, 0.2) is 24.5 Å². The van der Waals surface area contributed by atoms with Crippen LogP contribution in [0.2, 0.25) is 0 Å². The fourth-order valence-electron chi connectivity index (χ4n) is 2.74. The van der Waals surface area contributed by atoms with Gasteiger partial charge in [-0.05, 0) is 30.4 Å². The number of carbonyl (C=O) groups is 2. The Kier molecular flexibility index (Phi) is 4.40. The Morgan fingerprint density at radius 1 is 1.48 bits per heavy atom. The molecule has 1 unspecified atom stereocenters. The second-order valence-electron chi connectivity index (χ2n) is 6.04. The number of pyridine rings is 1. The van der Waals surface area contributed by atoms with E-state index in [0.29, 0.717) is 11.1 Å². The fraction of sp³-hybridized carbons (Fsp3) is 0.438. The zero-order valence-electron chi connectivity index (χ0n) is 12.3. The monoisotopic (exact) mass is 288 g/mol. The maximum absolute atomic E-state index is 12.4. The number of aromatic nitrogens is 1. The van der Waals surface area contributed by atoms with Crippen molar-refractivity contribution in [1.29, 1.82) is 0 Å². The maximum Gasteiger partial charge on any atom is 0.328 e. The molecule has 0 aliphatic heterocycles. The second kappa shape index (κ2) is 6.08. The van der Waals surface area contributed by atoms with Crippen LogP contribution >= 0.6 is 0 Å². The van der Waals surface area contributed by atoms with E-state index in [1.54, 1.807) is 6.07 Å². The van der Waals surface area contributed by atoms with Crippen molar-refractivity contribution < 1.29 is 14.7 Å². The van der Waals surface area contributed by atoms with Crippen LogP contribution in [-0.2, 0) is 4.79 Å². The second-order valence-corrected chi connectivity index (χ2v) is 6.04. The van der Waals surface area contributed by atoms with Gasteiger partial charge in [0.05, 0.1) is 0 Å². The standard InChI is InChI=1S/C16H20N2O3/c1-16(2)8-3-4-13(16)18-15(21)12-7-9-17-10-11(12)5-6-14(19)20/h5-7,9-10,13H,3-4,8H2,1-2H3,(H,18,21)(H,19,20).